The summed E-state index contributed by atoms with van der Waals surface area (Å²) < 4.78 is 0. The summed E-state index contributed by atoms with van der Waals surface area (Å²) in [5.41, 5.74) is 2.55. The molecule has 0 radical (unpaired) electrons. The summed E-state index contributed by atoms with van der Waals surface area (Å²) in [5, 5.41) is 6.74. The van der Waals surface area contributed by atoms with Crippen molar-refractivity contribution in [2.45, 2.75) is 39.2 Å². The molecule has 1 aliphatic carbocycles. The number of aromatic nitrogens is 2. The summed E-state index contributed by atoms with van der Waals surface area (Å²) in [7, 11) is 0. The average Bonchev–Trinajstić information content (AvgIpc) is 3.06. The molecule has 0 amide bonds. The first-order chi connectivity index (χ1) is 9.72. The van der Waals surface area contributed by atoms with Crippen LogP contribution in [0.2, 0.25) is 0 Å². The Kier molecular flexibility index (Phi) is 3.76. The monoisotopic (exact) mass is 291 g/mol. The first-order valence-electron chi connectivity index (χ1n) is 7.21. The van der Waals surface area contributed by atoms with Crippen LogP contribution < -0.4 is 16.6 Å². The van der Waals surface area contributed by atoms with E-state index in [4.69, 9.17) is 5.84 Å². The van der Waals surface area contributed by atoms with Gasteiger partial charge in [-0.15, -0.1) is 11.3 Å². The zero-order valence-corrected chi connectivity index (χ0v) is 12.7. The van der Waals surface area contributed by atoms with Crippen LogP contribution in [0.4, 0.5) is 11.8 Å². The average molecular weight is 291 g/mol. The van der Waals surface area contributed by atoms with Gasteiger partial charge in [0.15, 0.2) is 0 Å². The highest BCUT2D eigenvalue weighted by Gasteiger charge is 2.32. The lowest BCUT2D eigenvalue weighted by atomic mass is 9.93. The minimum absolute atomic E-state index is 0.472. The maximum absolute atomic E-state index is 5.46. The molecule has 0 bridgehead atoms. The number of hydrogen-bond acceptors (Lipinski definition) is 6. The van der Waals surface area contributed by atoms with E-state index < -0.39 is 0 Å². The van der Waals surface area contributed by atoms with Gasteiger partial charge in [0, 0.05) is 6.04 Å². The Morgan fingerprint density at radius 1 is 1.40 bits per heavy atom. The maximum atomic E-state index is 5.46. The third-order valence-electron chi connectivity index (χ3n) is 4.53. The highest BCUT2D eigenvalue weighted by molar-refractivity contribution is 7.16. The Balaban J connectivity index is 1.89. The summed E-state index contributed by atoms with van der Waals surface area (Å²) in [4.78, 5) is 9.82. The normalized spacial score (nSPS) is 26.1. The molecule has 1 saturated carbocycles. The van der Waals surface area contributed by atoms with Crippen LogP contribution >= 0.6 is 11.3 Å². The van der Waals surface area contributed by atoms with Crippen molar-refractivity contribution in [3.8, 4) is 0 Å². The number of rotatable bonds is 4. The smallest absolute Gasteiger partial charge is 0.240 e. The van der Waals surface area contributed by atoms with Gasteiger partial charge in [0.25, 0.3) is 0 Å². The number of thiophene rings is 1. The first kappa shape index (κ1) is 13.6. The first-order valence-corrected chi connectivity index (χ1v) is 8.09. The highest BCUT2D eigenvalue weighted by Crippen LogP contribution is 2.37. The third kappa shape index (κ3) is 2.33. The molecular weight excluding hydrogens is 270 g/mol. The van der Waals surface area contributed by atoms with E-state index in [1.807, 2.05) is 5.38 Å². The van der Waals surface area contributed by atoms with E-state index in [1.54, 1.807) is 11.3 Å². The molecular formula is C14H21N5S. The van der Waals surface area contributed by atoms with Crippen molar-refractivity contribution in [2.24, 2.45) is 17.7 Å². The number of fused-ring (bicyclic) bond motifs is 1. The van der Waals surface area contributed by atoms with Gasteiger partial charge in [-0.1, -0.05) is 20.3 Å². The number of nitrogens with two attached hydrogens (primary N) is 1. The zero-order valence-electron chi connectivity index (χ0n) is 11.9. The van der Waals surface area contributed by atoms with Gasteiger partial charge in [0.05, 0.1) is 5.39 Å². The van der Waals surface area contributed by atoms with Crippen LogP contribution in [0.1, 0.15) is 33.1 Å². The van der Waals surface area contributed by atoms with Gasteiger partial charge in [0.2, 0.25) is 5.95 Å². The summed E-state index contributed by atoms with van der Waals surface area (Å²) in [6, 6.07) is 2.56. The van der Waals surface area contributed by atoms with E-state index in [0.717, 1.165) is 22.0 Å². The van der Waals surface area contributed by atoms with Gasteiger partial charge in [-0.3, -0.25) is 5.43 Å². The Morgan fingerprint density at radius 2 is 2.25 bits per heavy atom. The fraction of sp³-hybridized carbons (Fsp3) is 0.571. The second-order valence-electron chi connectivity index (χ2n) is 5.54. The molecule has 3 atom stereocenters. The lowest BCUT2D eigenvalue weighted by Gasteiger charge is -2.22. The predicted octanol–water partition coefficient (Wildman–Crippen LogP) is 3.21. The second kappa shape index (κ2) is 5.54. The lowest BCUT2D eigenvalue weighted by Crippen LogP contribution is -2.25. The molecule has 3 unspecified atom stereocenters. The fourth-order valence-corrected chi connectivity index (χ4v) is 4.00. The van der Waals surface area contributed by atoms with Crippen molar-refractivity contribution < 1.29 is 0 Å². The molecule has 4 N–H and O–H groups in total. The van der Waals surface area contributed by atoms with Crippen molar-refractivity contribution in [3.63, 3.8) is 0 Å². The van der Waals surface area contributed by atoms with Crippen molar-refractivity contribution in [2.75, 3.05) is 10.7 Å². The van der Waals surface area contributed by atoms with Gasteiger partial charge >= 0.3 is 0 Å². The Hall–Kier alpha value is -1.40. The molecule has 0 aromatic carbocycles. The minimum Gasteiger partial charge on any atom is -0.366 e. The fourth-order valence-electron chi connectivity index (χ4n) is 3.23. The van der Waals surface area contributed by atoms with Crippen LogP contribution in [0.15, 0.2) is 11.4 Å². The van der Waals surface area contributed by atoms with Gasteiger partial charge in [-0.25, -0.2) is 10.8 Å². The predicted molar refractivity (Wildman–Crippen MR) is 84.8 cm³/mol. The van der Waals surface area contributed by atoms with E-state index in [0.29, 0.717) is 17.9 Å². The largest absolute Gasteiger partial charge is 0.366 e. The van der Waals surface area contributed by atoms with E-state index in [9.17, 15) is 0 Å². The molecule has 5 nitrogen and oxygen atoms in total. The molecule has 1 aliphatic rings. The second-order valence-corrected chi connectivity index (χ2v) is 6.43. The van der Waals surface area contributed by atoms with Crippen LogP contribution in [-0.4, -0.2) is 16.0 Å². The molecule has 3 rings (SSSR count). The van der Waals surface area contributed by atoms with Gasteiger partial charge < -0.3 is 5.32 Å². The molecule has 20 heavy (non-hydrogen) atoms. The van der Waals surface area contributed by atoms with Gasteiger partial charge in [-0.2, -0.15) is 4.98 Å². The maximum Gasteiger partial charge on any atom is 0.240 e. The summed E-state index contributed by atoms with van der Waals surface area (Å²) in [5.74, 6) is 8.33. The number of hydrazine groups is 1. The van der Waals surface area contributed by atoms with E-state index in [2.05, 4.69) is 40.6 Å². The van der Waals surface area contributed by atoms with Crippen LogP contribution in [0.5, 0.6) is 0 Å². The minimum atomic E-state index is 0.472. The molecule has 108 valence electrons. The van der Waals surface area contributed by atoms with Crippen LogP contribution in [0.3, 0.4) is 0 Å². The number of nitrogens with one attached hydrogen (secondary N) is 2. The topological polar surface area (TPSA) is 75.9 Å². The van der Waals surface area contributed by atoms with E-state index in [-0.39, 0.29) is 0 Å². The Bertz CT molecular complexity index is 596. The molecule has 2 aromatic rings. The van der Waals surface area contributed by atoms with Crippen LogP contribution in [-0.2, 0) is 0 Å². The quantitative estimate of drug-likeness (QED) is 0.595. The number of hydrogen-bond donors (Lipinski definition) is 3. The molecule has 2 aromatic heterocycles. The molecule has 0 aliphatic heterocycles. The summed E-state index contributed by atoms with van der Waals surface area (Å²) in [6.45, 7) is 4.62. The molecule has 2 heterocycles. The molecule has 1 fully saturated rings. The Morgan fingerprint density at radius 3 is 2.95 bits per heavy atom. The molecule has 0 saturated heterocycles. The van der Waals surface area contributed by atoms with Crippen LogP contribution in [0, 0.1) is 11.8 Å². The Labute approximate surface area is 123 Å². The zero-order chi connectivity index (χ0) is 14.1. The van der Waals surface area contributed by atoms with E-state index in [1.165, 1.54) is 19.3 Å². The van der Waals surface area contributed by atoms with Gasteiger partial charge in [-0.05, 0) is 36.1 Å². The van der Waals surface area contributed by atoms with Crippen molar-refractivity contribution >= 4 is 33.3 Å². The number of nitrogen functional groups attached to an aromatic ring is 1. The standard InChI is InChI=1S/C14H21N5S/c1-3-9-4-5-11(8(9)2)16-12-10-6-7-20-13(10)18-14(17-12)19-15/h6-9,11H,3-5,15H2,1-2H3,(H2,16,17,18,19). The van der Waals surface area contributed by atoms with Gasteiger partial charge in [0.1, 0.15) is 10.6 Å². The summed E-state index contributed by atoms with van der Waals surface area (Å²) >= 11 is 1.61. The highest BCUT2D eigenvalue weighted by atomic mass is 32.1. The SMILES string of the molecule is CCC1CCC(Nc2nc(NN)nc3sccc23)C1C. The van der Waals surface area contributed by atoms with Crippen LogP contribution in [0.25, 0.3) is 10.2 Å². The number of anilines is 2. The van der Waals surface area contributed by atoms with Crippen molar-refractivity contribution in [3.05, 3.63) is 11.4 Å². The summed E-state index contributed by atoms with van der Waals surface area (Å²) in [6.07, 6.45) is 3.77. The third-order valence-corrected chi connectivity index (χ3v) is 5.33. The van der Waals surface area contributed by atoms with E-state index >= 15 is 0 Å². The molecule has 6 heteroatoms. The lowest BCUT2D eigenvalue weighted by molar-refractivity contribution is 0.391. The number of nitrogens with zero attached hydrogens (tertiary/aromatic N) is 2. The molecule has 0 spiro atoms. The van der Waals surface area contributed by atoms with Crippen molar-refractivity contribution in [1.82, 2.24) is 9.97 Å². The van der Waals surface area contributed by atoms with Crippen molar-refractivity contribution in [1.29, 1.82) is 0 Å².